The predicted octanol–water partition coefficient (Wildman–Crippen LogP) is 5.18. The van der Waals surface area contributed by atoms with E-state index < -0.39 is 0 Å². The van der Waals surface area contributed by atoms with Gasteiger partial charge in [0.25, 0.3) is 0 Å². The standard InChI is InChI=1S/C19H22/c1-3-18(4-2)15-19(18,16-11-7-5-8-12-16)17-13-9-6-10-14-17/h5-14H,3-4,15H2,1-2H3. The summed E-state index contributed by atoms with van der Waals surface area (Å²) in [7, 11) is 0. The van der Waals surface area contributed by atoms with E-state index in [0.717, 1.165) is 0 Å². The molecule has 0 radical (unpaired) electrons. The smallest absolute Gasteiger partial charge is 0.0265 e. The molecule has 1 fully saturated rings. The van der Waals surface area contributed by atoms with E-state index in [0.29, 0.717) is 5.41 Å². The van der Waals surface area contributed by atoms with E-state index in [1.165, 1.54) is 30.4 Å². The van der Waals surface area contributed by atoms with Crippen LogP contribution in [0.3, 0.4) is 0 Å². The van der Waals surface area contributed by atoms with Gasteiger partial charge in [0.1, 0.15) is 0 Å². The van der Waals surface area contributed by atoms with Crippen LogP contribution in [-0.4, -0.2) is 0 Å². The monoisotopic (exact) mass is 250 g/mol. The normalized spacial score (nSPS) is 19.1. The van der Waals surface area contributed by atoms with Crippen molar-refractivity contribution in [3.63, 3.8) is 0 Å². The van der Waals surface area contributed by atoms with Gasteiger partial charge in [-0.3, -0.25) is 0 Å². The molecule has 0 saturated heterocycles. The summed E-state index contributed by atoms with van der Waals surface area (Å²) in [6.45, 7) is 4.69. The van der Waals surface area contributed by atoms with E-state index in [1.54, 1.807) is 0 Å². The van der Waals surface area contributed by atoms with Gasteiger partial charge in [0.2, 0.25) is 0 Å². The fourth-order valence-corrected chi connectivity index (χ4v) is 4.00. The largest absolute Gasteiger partial charge is 0.0648 e. The molecule has 0 bridgehead atoms. The van der Waals surface area contributed by atoms with Gasteiger partial charge in [-0.25, -0.2) is 0 Å². The van der Waals surface area contributed by atoms with Crippen LogP contribution in [0.2, 0.25) is 0 Å². The molecule has 1 aliphatic rings. The first-order valence-corrected chi connectivity index (χ1v) is 7.40. The minimum atomic E-state index is 0.249. The third kappa shape index (κ3) is 1.66. The van der Waals surface area contributed by atoms with Gasteiger partial charge >= 0.3 is 0 Å². The summed E-state index contributed by atoms with van der Waals surface area (Å²) >= 11 is 0. The van der Waals surface area contributed by atoms with Crippen molar-refractivity contribution in [2.75, 3.05) is 0 Å². The quantitative estimate of drug-likeness (QED) is 0.701. The van der Waals surface area contributed by atoms with Crippen LogP contribution >= 0.6 is 0 Å². The van der Waals surface area contributed by atoms with Crippen LogP contribution in [0.25, 0.3) is 0 Å². The highest BCUT2D eigenvalue weighted by Gasteiger charge is 2.66. The second-order valence-corrected chi connectivity index (χ2v) is 5.80. The molecule has 3 rings (SSSR count). The van der Waals surface area contributed by atoms with Crippen molar-refractivity contribution in [1.29, 1.82) is 0 Å². The number of rotatable bonds is 4. The fraction of sp³-hybridized carbons (Fsp3) is 0.368. The summed E-state index contributed by atoms with van der Waals surface area (Å²) in [4.78, 5) is 0. The number of hydrogen-bond acceptors (Lipinski definition) is 0. The number of benzene rings is 2. The minimum Gasteiger partial charge on any atom is -0.0648 e. The SMILES string of the molecule is CCC1(CC)CC1(c1ccccc1)c1ccccc1. The molecule has 0 unspecified atom stereocenters. The molecule has 0 aromatic heterocycles. The lowest BCUT2D eigenvalue weighted by molar-refractivity contribution is 0.415. The molecule has 0 heteroatoms. The maximum atomic E-state index is 2.34. The van der Waals surface area contributed by atoms with Gasteiger partial charge < -0.3 is 0 Å². The van der Waals surface area contributed by atoms with Crippen molar-refractivity contribution < 1.29 is 0 Å². The summed E-state index contributed by atoms with van der Waals surface area (Å²) in [6, 6.07) is 22.2. The third-order valence-electron chi connectivity index (χ3n) is 5.27. The molecule has 0 N–H and O–H groups in total. The van der Waals surface area contributed by atoms with Crippen LogP contribution in [0.4, 0.5) is 0 Å². The summed E-state index contributed by atoms with van der Waals surface area (Å²) < 4.78 is 0. The average molecular weight is 250 g/mol. The van der Waals surface area contributed by atoms with Crippen LogP contribution in [-0.2, 0) is 5.41 Å². The van der Waals surface area contributed by atoms with E-state index in [4.69, 9.17) is 0 Å². The van der Waals surface area contributed by atoms with Crippen molar-refractivity contribution in [2.45, 2.75) is 38.5 Å². The molecule has 0 amide bonds. The average Bonchev–Trinajstić information content (AvgIpc) is 3.20. The summed E-state index contributed by atoms with van der Waals surface area (Å²) in [5.41, 5.74) is 3.68. The zero-order chi connectivity index (χ0) is 13.3. The molecule has 2 aromatic carbocycles. The van der Waals surface area contributed by atoms with Gasteiger partial charge in [-0.2, -0.15) is 0 Å². The molecule has 19 heavy (non-hydrogen) atoms. The van der Waals surface area contributed by atoms with Crippen LogP contribution in [0, 0.1) is 5.41 Å². The molecular weight excluding hydrogens is 228 g/mol. The Morgan fingerprint density at radius 1 is 0.737 bits per heavy atom. The second-order valence-electron chi connectivity index (χ2n) is 5.80. The van der Waals surface area contributed by atoms with Crippen molar-refractivity contribution in [2.24, 2.45) is 5.41 Å². The Bertz CT molecular complexity index is 495. The van der Waals surface area contributed by atoms with E-state index >= 15 is 0 Å². The highest BCUT2D eigenvalue weighted by Crippen LogP contribution is 2.71. The second kappa shape index (κ2) is 4.52. The van der Waals surface area contributed by atoms with E-state index in [2.05, 4.69) is 74.5 Å². The van der Waals surface area contributed by atoms with Crippen LogP contribution in [0.5, 0.6) is 0 Å². The van der Waals surface area contributed by atoms with Gasteiger partial charge in [-0.1, -0.05) is 74.5 Å². The zero-order valence-electron chi connectivity index (χ0n) is 11.9. The van der Waals surface area contributed by atoms with Crippen molar-refractivity contribution in [1.82, 2.24) is 0 Å². The number of hydrogen-bond donors (Lipinski definition) is 0. The molecular formula is C19H22. The Morgan fingerprint density at radius 3 is 1.47 bits per heavy atom. The lowest BCUT2D eigenvalue weighted by Gasteiger charge is -2.25. The first-order chi connectivity index (χ1) is 9.29. The molecule has 1 saturated carbocycles. The van der Waals surface area contributed by atoms with Crippen molar-refractivity contribution >= 4 is 0 Å². The van der Waals surface area contributed by atoms with E-state index in [9.17, 15) is 0 Å². The minimum absolute atomic E-state index is 0.249. The summed E-state index contributed by atoms with van der Waals surface area (Å²) in [6.07, 6.45) is 3.81. The maximum absolute atomic E-state index is 2.34. The molecule has 0 heterocycles. The maximum Gasteiger partial charge on any atom is 0.0265 e. The molecule has 1 aliphatic carbocycles. The van der Waals surface area contributed by atoms with Gasteiger partial charge in [-0.05, 0) is 35.8 Å². The molecule has 0 nitrogen and oxygen atoms in total. The molecule has 0 atom stereocenters. The Kier molecular flexibility index (Phi) is 2.97. The van der Waals surface area contributed by atoms with E-state index in [1.807, 2.05) is 0 Å². The Labute approximate surface area is 116 Å². The third-order valence-corrected chi connectivity index (χ3v) is 5.27. The van der Waals surface area contributed by atoms with Gasteiger partial charge in [-0.15, -0.1) is 0 Å². The lowest BCUT2D eigenvalue weighted by Crippen LogP contribution is -2.19. The fourth-order valence-electron chi connectivity index (χ4n) is 4.00. The predicted molar refractivity (Wildman–Crippen MR) is 81.3 cm³/mol. The molecule has 0 aliphatic heterocycles. The van der Waals surface area contributed by atoms with E-state index in [-0.39, 0.29) is 5.41 Å². The van der Waals surface area contributed by atoms with Crippen molar-refractivity contribution in [3.05, 3.63) is 71.8 Å². The topological polar surface area (TPSA) is 0 Å². The van der Waals surface area contributed by atoms with Gasteiger partial charge in [0.15, 0.2) is 0 Å². The van der Waals surface area contributed by atoms with Gasteiger partial charge in [0, 0.05) is 5.41 Å². The molecule has 98 valence electrons. The zero-order valence-corrected chi connectivity index (χ0v) is 11.9. The Balaban J connectivity index is 2.15. The highest BCUT2D eigenvalue weighted by molar-refractivity contribution is 5.50. The van der Waals surface area contributed by atoms with Crippen LogP contribution in [0.15, 0.2) is 60.7 Å². The molecule has 0 spiro atoms. The molecule has 2 aromatic rings. The van der Waals surface area contributed by atoms with Gasteiger partial charge in [0.05, 0.1) is 0 Å². The lowest BCUT2D eigenvalue weighted by atomic mass is 9.78. The van der Waals surface area contributed by atoms with Crippen molar-refractivity contribution in [3.8, 4) is 0 Å². The Hall–Kier alpha value is -1.56. The summed E-state index contributed by atoms with van der Waals surface area (Å²) in [5.74, 6) is 0. The van der Waals surface area contributed by atoms with Crippen LogP contribution in [0.1, 0.15) is 44.2 Å². The highest BCUT2D eigenvalue weighted by atomic mass is 14.7. The Morgan fingerprint density at radius 2 is 1.16 bits per heavy atom. The summed E-state index contributed by atoms with van der Waals surface area (Å²) in [5, 5.41) is 0. The first kappa shape index (κ1) is 12.5. The van der Waals surface area contributed by atoms with Crippen LogP contribution < -0.4 is 0 Å². The first-order valence-electron chi connectivity index (χ1n) is 7.40.